The number of likely N-dealkylation sites (tertiary alicyclic amines) is 1. The van der Waals surface area contributed by atoms with E-state index in [1.807, 2.05) is 15.5 Å². The van der Waals surface area contributed by atoms with E-state index in [-0.39, 0.29) is 23.2 Å². The fourth-order valence-corrected chi connectivity index (χ4v) is 7.27. The van der Waals surface area contributed by atoms with Crippen LogP contribution in [0.3, 0.4) is 0 Å². The van der Waals surface area contributed by atoms with Gasteiger partial charge in [0.25, 0.3) is 5.91 Å². The van der Waals surface area contributed by atoms with Crippen molar-refractivity contribution in [1.82, 2.24) is 19.5 Å². The molecule has 3 aromatic rings. The summed E-state index contributed by atoms with van der Waals surface area (Å²) in [4.78, 5) is 23.2. The number of carbonyl (C=O) groups is 1. The van der Waals surface area contributed by atoms with E-state index in [4.69, 9.17) is 21.7 Å². The number of piperidine rings is 1. The molecule has 2 aliphatic heterocycles. The molecule has 0 unspecified atom stereocenters. The molecule has 1 saturated carbocycles. The molecule has 2 saturated heterocycles. The molecule has 1 N–H and O–H groups in total. The van der Waals surface area contributed by atoms with Crippen LogP contribution in [0.4, 0.5) is 11.5 Å². The van der Waals surface area contributed by atoms with Crippen molar-refractivity contribution in [1.29, 1.82) is 0 Å². The molecule has 214 valence electrons. The zero-order valence-corrected chi connectivity index (χ0v) is 24.7. The monoisotopic (exact) mass is 584 g/mol. The first-order chi connectivity index (χ1) is 19.2. The molecule has 11 heteroatoms. The molecule has 0 radical (unpaired) electrons. The van der Waals surface area contributed by atoms with Gasteiger partial charge < -0.3 is 9.80 Å². The lowest BCUT2D eigenvalue weighted by molar-refractivity contribution is 0.0606. The summed E-state index contributed by atoms with van der Waals surface area (Å²) in [5, 5.41) is 5.47. The summed E-state index contributed by atoms with van der Waals surface area (Å²) < 4.78 is 28.5. The lowest BCUT2D eigenvalue weighted by atomic mass is 9.86. The number of rotatable bonds is 6. The summed E-state index contributed by atoms with van der Waals surface area (Å²) in [5.74, 6) is 1.88. The number of carbonyl (C=O) groups excluding carboxylic acids is 1. The number of amides is 1. The van der Waals surface area contributed by atoms with Gasteiger partial charge in [-0.15, -0.1) is 0 Å². The van der Waals surface area contributed by atoms with E-state index in [9.17, 15) is 13.2 Å². The Kier molecular flexibility index (Phi) is 7.41. The summed E-state index contributed by atoms with van der Waals surface area (Å²) in [5.41, 5.74) is 3.34. The summed E-state index contributed by atoms with van der Waals surface area (Å²) in [7, 11) is -3.58. The first-order valence-corrected chi connectivity index (χ1v) is 16.7. The zero-order chi connectivity index (χ0) is 28.0. The van der Waals surface area contributed by atoms with Gasteiger partial charge in [-0.05, 0) is 56.2 Å². The van der Waals surface area contributed by atoms with Gasteiger partial charge in [0.05, 0.1) is 34.9 Å². The van der Waals surface area contributed by atoms with Crippen LogP contribution >= 0.6 is 11.6 Å². The predicted octanol–water partition coefficient (Wildman–Crippen LogP) is 5.63. The quantitative estimate of drug-likeness (QED) is 0.403. The second-order valence-electron chi connectivity index (χ2n) is 11.8. The smallest absolute Gasteiger partial charge is 0.256 e. The molecule has 3 aliphatic rings. The molecule has 1 aromatic carbocycles. The first-order valence-electron chi connectivity index (χ1n) is 14.4. The minimum atomic E-state index is -3.58. The number of halogens is 1. The molecule has 40 heavy (non-hydrogen) atoms. The zero-order valence-electron chi connectivity index (χ0n) is 23.1. The van der Waals surface area contributed by atoms with E-state index in [2.05, 4.69) is 22.6 Å². The second kappa shape index (κ2) is 10.9. The minimum Gasteiger partial charge on any atom is -0.356 e. The predicted molar refractivity (Wildman–Crippen MR) is 158 cm³/mol. The molecule has 1 amide bonds. The highest BCUT2D eigenvalue weighted by Crippen LogP contribution is 2.38. The average molecular weight is 585 g/mol. The molecule has 3 fully saturated rings. The van der Waals surface area contributed by atoms with E-state index in [0.29, 0.717) is 23.4 Å². The fraction of sp³-hybridized carbons (Fsp3) is 0.552. The highest BCUT2D eigenvalue weighted by Gasteiger charge is 2.33. The van der Waals surface area contributed by atoms with Crippen LogP contribution in [0.15, 0.2) is 30.3 Å². The number of hydrogen-bond donors (Lipinski definition) is 1. The van der Waals surface area contributed by atoms with E-state index in [0.717, 1.165) is 68.6 Å². The molecule has 6 rings (SSSR count). The molecule has 4 heterocycles. The molecule has 1 aliphatic carbocycles. The van der Waals surface area contributed by atoms with Crippen molar-refractivity contribution in [2.75, 3.05) is 35.5 Å². The Morgan fingerprint density at radius 1 is 1.02 bits per heavy atom. The van der Waals surface area contributed by atoms with Gasteiger partial charge in [-0.3, -0.25) is 9.52 Å². The highest BCUT2D eigenvalue weighted by molar-refractivity contribution is 7.92. The van der Waals surface area contributed by atoms with Crippen molar-refractivity contribution in [3.8, 4) is 0 Å². The number of hydrogen-bond acceptors (Lipinski definition) is 6. The highest BCUT2D eigenvalue weighted by atomic mass is 35.5. The van der Waals surface area contributed by atoms with Crippen molar-refractivity contribution < 1.29 is 13.2 Å². The largest absolute Gasteiger partial charge is 0.356 e. The van der Waals surface area contributed by atoms with E-state index in [1.54, 1.807) is 12.1 Å². The SMILES string of the molecule is CC1CN(c2cc(C3CCCCC3)n3nc([C@@H]4CCCCN4C(=O)c4cc(Cl)ccc4NS(C)(=O)=O)cc3n2)C1. The third-order valence-corrected chi connectivity index (χ3v) is 9.31. The number of sulfonamides is 1. The third kappa shape index (κ3) is 5.52. The molecule has 1 atom stereocenters. The van der Waals surface area contributed by atoms with Crippen LogP contribution in [-0.4, -0.2) is 59.7 Å². The summed E-state index contributed by atoms with van der Waals surface area (Å²) in [6, 6.07) is 8.71. The maximum absolute atomic E-state index is 14.0. The molecule has 9 nitrogen and oxygen atoms in total. The van der Waals surface area contributed by atoms with Crippen molar-refractivity contribution in [3.05, 3.63) is 52.3 Å². The second-order valence-corrected chi connectivity index (χ2v) is 14.0. The molecule has 0 spiro atoms. The third-order valence-electron chi connectivity index (χ3n) is 8.48. The number of fused-ring (bicyclic) bond motifs is 1. The maximum Gasteiger partial charge on any atom is 0.256 e. The number of aromatic nitrogens is 3. The van der Waals surface area contributed by atoms with Crippen LogP contribution in [-0.2, 0) is 10.0 Å². The minimum absolute atomic E-state index is 0.228. The van der Waals surface area contributed by atoms with Crippen molar-refractivity contribution in [2.24, 2.45) is 5.92 Å². The molecular formula is C29H37ClN6O3S. The van der Waals surface area contributed by atoms with Gasteiger partial charge in [0, 0.05) is 42.7 Å². The normalized spacial score (nSPS) is 21.0. The van der Waals surface area contributed by atoms with Crippen LogP contribution in [0.25, 0.3) is 5.65 Å². The van der Waals surface area contributed by atoms with Crippen molar-refractivity contribution in [3.63, 3.8) is 0 Å². The maximum atomic E-state index is 14.0. The molecule has 0 bridgehead atoms. The van der Waals surface area contributed by atoms with Gasteiger partial charge in [0.1, 0.15) is 5.82 Å². The van der Waals surface area contributed by atoms with E-state index < -0.39 is 10.0 Å². The molecular weight excluding hydrogens is 548 g/mol. The van der Waals surface area contributed by atoms with Gasteiger partial charge in [0.2, 0.25) is 10.0 Å². The first kappa shape index (κ1) is 27.3. The van der Waals surface area contributed by atoms with Crippen molar-refractivity contribution in [2.45, 2.75) is 70.3 Å². The van der Waals surface area contributed by atoms with Gasteiger partial charge in [-0.1, -0.05) is 37.8 Å². The standard InChI is InChI=1S/C29H37ClN6O3S/c1-19-17-34(18-19)27-16-26(20-8-4-3-5-9-20)36-28(31-27)15-24(32-36)25-10-6-7-13-35(25)29(37)22-14-21(30)11-12-23(22)33-40(2,38)39/h11-12,14-16,19-20,25,33H,3-10,13,17-18H2,1-2H3/t25-/m0/s1. The Hall–Kier alpha value is -2.85. The van der Waals surface area contributed by atoms with Crippen LogP contribution in [0.5, 0.6) is 0 Å². The van der Waals surface area contributed by atoms with Gasteiger partial charge in [0.15, 0.2) is 5.65 Å². The lowest BCUT2D eigenvalue weighted by Crippen LogP contribution is -2.45. The Morgan fingerprint density at radius 3 is 2.50 bits per heavy atom. The van der Waals surface area contributed by atoms with E-state index >= 15 is 0 Å². The number of benzene rings is 1. The molecule has 2 aromatic heterocycles. The number of nitrogens with zero attached hydrogens (tertiary/aromatic N) is 5. The van der Waals surface area contributed by atoms with Crippen LogP contribution in [0.2, 0.25) is 5.02 Å². The topological polar surface area (TPSA) is 99.9 Å². The number of nitrogens with one attached hydrogen (secondary N) is 1. The van der Waals surface area contributed by atoms with Crippen molar-refractivity contribution >= 4 is 44.7 Å². The summed E-state index contributed by atoms with van der Waals surface area (Å²) in [6.45, 7) is 4.85. The number of anilines is 2. The Labute approximate surface area is 240 Å². The van der Waals surface area contributed by atoms with Gasteiger partial charge in [-0.2, -0.15) is 5.10 Å². The van der Waals surface area contributed by atoms with Gasteiger partial charge >= 0.3 is 0 Å². The van der Waals surface area contributed by atoms with Crippen LogP contribution in [0, 0.1) is 5.92 Å². The Balaban J connectivity index is 1.38. The Morgan fingerprint density at radius 2 is 1.77 bits per heavy atom. The average Bonchev–Trinajstić information content (AvgIpc) is 3.35. The lowest BCUT2D eigenvalue weighted by Gasteiger charge is -2.38. The summed E-state index contributed by atoms with van der Waals surface area (Å²) in [6.07, 6.45) is 9.75. The fourth-order valence-electron chi connectivity index (χ4n) is 6.52. The summed E-state index contributed by atoms with van der Waals surface area (Å²) >= 11 is 6.26. The van der Waals surface area contributed by atoms with E-state index in [1.165, 1.54) is 31.0 Å². The van der Waals surface area contributed by atoms with Crippen LogP contribution < -0.4 is 9.62 Å². The van der Waals surface area contributed by atoms with Crippen LogP contribution in [0.1, 0.15) is 92.0 Å². The van der Waals surface area contributed by atoms with Gasteiger partial charge in [-0.25, -0.2) is 17.9 Å². The Bertz CT molecular complexity index is 1530.